The molecule has 1 aliphatic heterocycles. The first-order valence-corrected chi connectivity index (χ1v) is 10.5. The molecule has 5 nitrogen and oxygen atoms in total. The first kappa shape index (κ1) is 18.8. The third-order valence-corrected chi connectivity index (χ3v) is 5.47. The average Bonchev–Trinajstić information content (AvgIpc) is 3.16. The van der Waals surface area contributed by atoms with Crippen LogP contribution in [0.25, 0.3) is 11.8 Å². The topological polar surface area (TPSA) is 43.2 Å². The summed E-state index contributed by atoms with van der Waals surface area (Å²) in [5.41, 5.74) is 3.53. The molecule has 1 aliphatic rings. The molecule has 28 heavy (non-hydrogen) atoms. The van der Waals surface area contributed by atoms with Crippen LogP contribution in [0.5, 0.6) is 0 Å². The lowest BCUT2D eigenvalue weighted by Crippen LogP contribution is -2.37. The molecule has 2 aromatic carbocycles. The van der Waals surface area contributed by atoms with E-state index in [0.29, 0.717) is 0 Å². The second-order valence-corrected chi connectivity index (χ2v) is 7.67. The zero-order chi connectivity index (χ0) is 19.2. The number of anilines is 1. The minimum atomic E-state index is 0.725. The molecule has 4 rings (SSSR count). The van der Waals surface area contributed by atoms with E-state index in [2.05, 4.69) is 87.3 Å². The molecule has 0 N–H and O–H groups in total. The van der Waals surface area contributed by atoms with Crippen LogP contribution >= 0.6 is 11.8 Å². The smallest absolute Gasteiger partial charge is 0.232 e. The summed E-state index contributed by atoms with van der Waals surface area (Å²) in [5, 5.41) is 9.93. The fourth-order valence-electron chi connectivity index (χ4n) is 3.19. The molecule has 1 saturated heterocycles. The lowest BCUT2D eigenvalue weighted by molar-refractivity contribution is 0.122. The van der Waals surface area contributed by atoms with Gasteiger partial charge in [0, 0.05) is 18.8 Å². The molecular weight excluding hydrogens is 368 g/mol. The first-order valence-electron chi connectivity index (χ1n) is 9.51. The summed E-state index contributed by atoms with van der Waals surface area (Å²) in [7, 11) is 0. The Bertz CT molecular complexity index is 933. The van der Waals surface area contributed by atoms with Crippen molar-refractivity contribution in [1.29, 1.82) is 0 Å². The fraction of sp³-hybridized carbons (Fsp3) is 0.273. The molecule has 0 radical (unpaired) electrons. The van der Waals surface area contributed by atoms with Gasteiger partial charge in [-0.3, -0.25) is 4.57 Å². The van der Waals surface area contributed by atoms with E-state index >= 15 is 0 Å². The van der Waals surface area contributed by atoms with Gasteiger partial charge in [-0.15, -0.1) is 10.2 Å². The van der Waals surface area contributed by atoms with Crippen molar-refractivity contribution in [2.45, 2.75) is 12.1 Å². The molecule has 1 fully saturated rings. The van der Waals surface area contributed by atoms with E-state index in [1.165, 1.54) is 11.1 Å². The van der Waals surface area contributed by atoms with Crippen molar-refractivity contribution in [3.05, 3.63) is 71.8 Å². The van der Waals surface area contributed by atoms with Gasteiger partial charge in [0.1, 0.15) is 0 Å². The lowest BCUT2D eigenvalue weighted by Gasteiger charge is -2.28. The summed E-state index contributed by atoms with van der Waals surface area (Å²) in [6.45, 7) is 5.23. The average molecular weight is 393 g/mol. The monoisotopic (exact) mass is 392 g/mol. The molecule has 144 valence electrons. The van der Waals surface area contributed by atoms with Gasteiger partial charge in [-0.1, -0.05) is 66.4 Å². The SMILES string of the molecule is Cc1cccc(-n2c(SC/C=C/c3ccccc3)nnc2N2CCOCC2)c1. The Morgan fingerprint density at radius 2 is 1.86 bits per heavy atom. The highest BCUT2D eigenvalue weighted by atomic mass is 32.2. The van der Waals surface area contributed by atoms with Crippen molar-refractivity contribution in [2.75, 3.05) is 37.0 Å². The number of morpholine rings is 1. The van der Waals surface area contributed by atoms with Crippen LogP contribution in [0, 0.1) is 6.92 Å². The second-order valence-electron chi connectivity index (χ2n) is 6.68. The van der Waals surface area contributed by atoms with Crippen LogP contribution in [0.1, 0.15) is 11.1 Å². The van der Waals surface area contributed by atoms with Crippen molar-refractivity contribution in [2.24, 2.45) is 0 Å². The number of aryl methyl sites for hydroxylation is 1. The van der Waals surface area contributed by atoms with Crippen LogP contribution in [-0.2, 0) is 4.74 Å². The quantitative estimate of drug-likeness (QED) is 0.588. The number of benzene rings is 2. The van der Waals surface area contributed by atoms with Gasteiger partial charge in [-0.25, -0.2) is 0 Å². The Balaban J connectivity index is 1.57. The van der Waals surface area contributed by atoms with Crippen LogP contribution in [0.15, 0.2) is 65.8 Å². The standard InChI is InChI=1S/C22H24N4OS/c1-18-7-5-11-20(17-18)26-21(25-12-14-27-15-13-25)23-24-22(26)28-16-6-10-19-8-3-2-4-9-19/h2-11,17H,12-16H2,1H3/b10-6+. The number of hydrogen-bond donors (Lipinski definition) is 0. The molecule has 0 aliphatic carbocycles. The van der Waals surface area contributed by atoms with E-state index in [4.69, 9.17) is 4.74 Å². The van der Waals surface area contributed by atoms with Crippen LogP contribution < -0.4 is 4.90 Å². The minimum Gasteiger partial charge on any atom is -0.378 e. The van der Waals surface area contributed by atoms with E-state index in [0.717, 1.165) is 48.8 Å². The van der Waals surface area contributed by atoms with Crippen LogP contribution in [0.2, 0.25) is 0 Å². The Hall–Kier alpha value is -2.57. The van der Waals surface area contributed by atoms with Crippen molar-refractivity contribution in [3.63, 3.8) is 0 Å². The largest absolute Gasteiger partial charge is 0.378 e. The van der Waals surface area contributed by atoms with E-state index in [-0.39, 0.29) is 0 Å². The predicted octanol–water partition coefficient (Wildman–Crippen LogP) is 4.22. The van der Waals surface area contributed by atoms with Crippen molar-refractivity contribution >= 4 is 23.8 Å². The number of ether oxygens (including phenoxy) is 1. The van der Waals surface area contributed by atoms with Gasteiger partial charge in [0.25, 0.3) is 0 Å². The lowest BCUT2D eigenvalue weighted by atomic mass is 10.2. The maximum absolute atomic E-state index is 5.50. The maximum Gasteiger partial charge on any atom is 0.232 e. The third-order valence-electron chi connectivity index (χ3n) is 4.59. The van der Waals surface area contributed by atoms with Crippen LogP contribution in [0.4, 0.5) is 5.95 Å². The molecule has 6 heteroatoms. The minimum absolute atomic E-state index is 0.725. The van der Waals surface area contributed by atoms with E-state index in [9.17, 15) is 0 Å². The van der Waals surface area contributed by atoms with Crippen molar-refractivity contribution < 1.29 is 4.74 Å². The van der Waals surface area contributed by atoms with Crippen LogP contribution in [0.3, 0.4) is 0 Å². The maximum atomic E-state index is 5.50. The number of rotatable bonds is 6. The fourth-order valence-corrected chi connectivity index (χ4v) is 3.94. The van der Waals surface area contributed by atoms with Gasteiger partial charge < -0.3 is 9.64 Å². The van der Waals surface area contributed by atoms with Crippen molar-refractivity contribution in [1.82, 2.24) is 14.8 Å². The Morgan fingerprint density at radius 1 is 1.04 bits per heavy atom. The summed E-state index contributed by atoms with van der Waals surface area (Å²) in [5.74, 6) is 1.73. The van der Waals surface area contributed by atoms with Gasteiger partial charge >= 0.3 is 0 Å². The highest BCUT2D eigenvalue weighted by Gasteiger charge is 2.21. The van der Waals surface area contributed by atoms with Gasteiger partial charge in [-0.05, 0) is 30.2 Å². The first-order chi connectivity index (χ1) is 13.8. The van der Waals surface area contributed by atoms with Crippen molar-refractivity contribution in [3.8, 4) is 5.69 Å². The second kappa shape index (κ2) is 9.08. The summed E-state index contributed by atoms with van der Waals surface area (Å²) < 4.78 is 7.67. The van der Waals surface area contributed by atoms with Gasteiger partial charge in [0.15, 0.2) is 5.16 Å². The summed E-state index contributed by atoms with van der Waals surface area (Å²) in [6, 6.07) is 18.8. The number of hydrogen-bond acceptors (Lipinski definition) is 5. The Labute approximate surface area is 170 Å². The number of aromatic nitrogens is 3. The Morgan fingerprint density at radius 3 is 2.64 bits per heavy atom. The molecule has 0 amide bonds. The molecule has 0 unspecified atom stereocenters. The predicted molar refractivity (Wildman–Crippen MR) is 115 cm³/mol. The summed E-state index contributed by atoms with van der Waals surface area (Å²) in [6.07, 6.45) is 4.31. The van der Waals surface area contributed by atoms with E-state index in [1.54, 1.807) is 11.8 Å². The van der Waals surface area contributed by atoms with E-state index in [1.807, 2.05) is 6.07 Å². The number of thioether (sulfide) groups is 1. The molecule has 0 atom stereocenters. The molecule has 3 aromatic rings. The van der Waals surface area contributed by atoms with Gasteiger partial charge in [-0.2, -0.15) is 0 Å². The molecule has 2 heterocycles. The van der Waals surface area contributed by atoms with E-state index < -0.39 is 0 Å². The number of nitrogens with zero attached hydrogens (tertiary/aromatic N) is 4. The molecule has 0 saturated carbocycles. The Kier molecular flexibility index (Phi) is 6.09. The zero-order valence-electron chi connectivity index (χ0n) is 16.0. The third kappa shape index (κ3) is 4.46. The normalized spacial score (nSPS) is 14.7. The molecule has 1 aromatic heterocycles. The highest BCUT2D eigenvalue weighted by molar-refractivity contribution is 7.99. The molecule has 0 bridgehead atoms. The van der Waals surface area contributed by atoms with Crippen LogP contribution in [-0.4, -0.2) is 46.8 Å². The summed E-state index contributed by atoms with van der Waals surface area (Å²) >= 11 is 1.70. The molecule has 0 spiro atoms. The zero-order valence-corrected chi connectivity index (χ0v) is 16.8. The highest BCUT2D eigenvalue weighted by Crippen LogP contribution is 2.27. The van der Waals surface area contributed by atoms with Gasteiger partial charge in [0.05, 0.1) is 18.9 Å². The molecular formula is C22H24N4OS. The summed E-state index contributed by atoms with van der Waals surface area (Å²) in [4.78, 5) is 2.25. The van der Waals surface area contributed by atoms with Gasteiger partial charge in [0.2, 0.25) is 5.95 Å².